The molecule has 2 amide bonds. The molecule has 6 heteroatoms. The number of fused-ring (bicyclic) bond motifs is 2. The average molecular weight is 371 g/mol. The van der Waals surface area contributed by atoms with E-state index in [0.717, 1.165) is 37.8 Å². The van der Waals surface area contributed by atoms with Crippen molar-refractivity contribution in [3.05, 3.63) is 65.7 Å². The van der Waals surface area contributed by atoms with Gasteiger partial charge in [-0.15, -0.1) is 0 Å². The summed E-state index contributed by atoms with van der Waals surface area (Å²) in [5, 5.41) is 5.58. The van der Waals surface area contributed by atoms with E-state index in [9.17, 15) is 13.6 Å². The molecule has 2 N–H and O–H groups in total. The van der Waals surface area contributed by atoms with E-state index < -0.39 is 5.82 Å². The van der Waals surface area contributed by atoms with Crippen LogP contribution in [0, 0.1) is 11.6 Å². The van der Waals surface area contributed by atoms with Crippen LogP contribution in [0.2, 0.25) is 0 Å². The van der Waals surface area contributed by atoms with Crippen LogP contribution < -0.4 is 10.6 Å². The lowest BCUT2D eigenvalue weighted by Crippen LogP contribution is -2.50. The van der Waals surface area contributed by atoms with Gasteiger partial charge in [0.05, 0.1) is 5.69 Å². The van der Waals surface area contributed by atoms with Crippen molar-refractivity contribution in [3.8, 4) is 0 Å². The van der Waals surface area contributed by atoms with E-state index in [0.29, 0.717) is 12.1 Å². The third-order valence-electron chi connectivity index (χ3n) is 5.62. The van der Waals surface area contributed by atoms with Crippen LogP contribution in [0.1, 0.15) is 31.2 Å². The Balaban J connectivity index is 1.33. The van der Waals surface area contributed by atoms with Crippen molar-refractivity contribution in [1.82, 2.24) is 10.2 Å². The summed E-state index contributed by atoms with van der Waals surface area (Å²) in [6.45, 7) is 0.809. The molecule has 2 aromatic rings. The molecule has 4 rings (SSSR count). The maximum Gasteiger partial charge on any atom is 0.319 e. The maximum atomic E-state index is 13.7. The Bertz CT molecular complexity index is 797. The zero-order valence-electron chi connectivity index (χ0n) is 15.0. The first-order valence-corrected chi connectivity index (χ1v) is 9.41. The van der Waals surface area contributed by atoms with Crippen molar-refractivity contribution in [3.63, 3.8) is 0 Å². The smallest absolute Gasteiger partial charge is 0.319 e. The zero-order chi connectivity index (χ0) is 18.8. The molecule has 0 aliphatic carbocycles. The lowest BCUT2D eigenvalue weighted by atomic mass is 9.96. The van der Waals surface area contributed by atoms with Crippen molar-refractivity contribution >= 4 is 11.7 Å². The molecule has 2 aliphatic heterocycles. The maximum absolute atomic E-state index is 13.7. The van der Waals surface area contributed by atoms with Gasteiger partial charge in [0.25, 0.3) is 0 Å². The number of carbonyl (C=O) groups excluding carboxylic acids is 1. The van der Waals surface area contributed by atoms with Crippen LogP contribution in [0.15, 0.2) is 48.5 Å². The standard InChI is InChI=1S/C21H23F2N3O/c22-15-7-5-14(6-8-15)13-26-17-9-10-18(26)12-16(11-17)24-21(27)25-20-4-2-1-3-19(20)23/h1-8,16-18H,9-13H2,(H2,24,25,27)/t17-,18-/m1/s1. The normalized spacial score (nSPS) is 24.6. The second kappa shape index (κ2) is 7.64. The molecule has 2 heterocycles. The Morgan fingerprint density at radius 1 is 1.00 bits per heavy atom. The fourth-order valence-electron chi connectivity index (χ4n) is 4.36. The summed E-state index contributed by atoms with van der Waals surface area (Å²) >= 11 is 0. The minimum Gasteiger partial charge on any atom is -0.335 e. The SMILES string of the molecule is O=C(Nc1ccccc1F)NC1C[C@H]2CC[C@H](C1)N2Cc1ccc(F)cc1. The van der Waals surface area contributed by atoms with Crippen molar-refractivity contribution in [2.45, 2.75) is 50.4 Å². The Morgan fingerprint density at radius 2 is 1.67 bits per heavy atom. The number of rotatable bonds is 4. The Kier molecular flexibility index (Phi) is 5.07. The molecule has 0 unspecified atom stereocenters. The molecule has 0 saturated carbocycles. The number of hydrogen-bond donors (Lipinski definition) is 2. The van der Waals surface area contributed by atoms with Gasteiger partial charge in [-0.05, 0) is 55.5 Å². The predicted octanol–water partition coefficient (Wildman–Crippen LogP) is 4.28. The number of piperidine rings is 1. The number of nitrogens with zero attached hydrogens (tertiary/aromatic N) is 1. The number of amides is 2. The van der Waals surface area contributed by atoms with E-state index in [4.69, 9.17) is 0 Å². The van der Waals surface area contributed by atoms with E-state index in [1.54, 1.807) is 18.2 Å². The average Bonchev–Trinajstić information content (AvgIpc) is 2.87. The van der Waals surface area contributed by atoms with Gasteiger partial charge < -0.3 is 10.6 Å². The van der Waals surface area contributed by atoms with Crippen LogP contribution in [0.3, 0.4) is 0 Å². The molecule has 27 heavy (non-hydrogen) atoms. The van der Waals surface area contributed by atoms with Crippen molar-refractivity contribution in [2.24, 2.45) is 0 Å². The van der Waals surface area contributed by atoms with Crippen molar-refractivity contribution < 1.29 is 13.6 Å². The summed E-state index contributed by atoms with van der Waals surface area (Å²) < 4.78 is 26.8. The summed E-state index contributed by atoms with van der Waals surface area (Å²) in [5.74, 6) is -0.660. The predicted molar refractivity (Wildman–Crippen MR) is 100 cm³/mol. The van der Waals surface area contributed by atoms with Crippen LogP contribution in [0.4, 0.5) is 19.3 Å². The number of hydrogen-bond acceptors (Lipinski definition) is 2. The molecule has 2 fully saturated rings. The monoisotopic (exact) mass is 371 g/mol. The summed E-state index contributed by atoms with van der Waals surface area (Å²) in [4.78, 5) is 14.7. The quantitative estimate of drug-likeness (QED) is 0.842. The molecule has 142 valence electrons. The molecule has 2 bridgehead atoms. The molecule has 0 spiro atoms. The number of nitrogens with one attached hydrogen (secondary N) is 2. The minimum atomic E-state index is -0.443. The number of benzene rings is 2. The first-order valence-electron chi connectivity index (χ1n) is 9.41. The summed E-state index contributed by atoms with van der Waals surface area (Å²) in [5.41, 5.74) is 1.30. The third kappa shape index (κ3) is 4.11. The number of para-hydroxylation sites is 1. The van der Waals surface area contributed by atoms with Crippen LogP contribution in [0.25, 0.3) is 0 Å². The number of urea groups is 1. The first-order chi connectivity index (χ1) is 13.1. The van der Waals surface area contributed by atoms with Gasteiger partial charge in [0, 0.05) is 24.7 Å². The van der Waals surface area contributed by atoms with Crippen LogP contribution >= 0.6 is 0 Å². The van der Waals surface area contributed by atoms with Gasteiger partial charge in [-0.2, -0.15) is 0 Å². The van der Waals surface area contributed by atoms with Crippen LogP contribution in [-0.2, 0) is 6.54 Å². The van der Waals surface area contributed by atoms with Gasteiger partial charge in [0.1, 0.15) is 11.6 Å². The molecule has 2 saturated heterocycles. The Morgan fingerprint density at radius 3 is 2.33 bits per heavy atom. The molecular formula is C21H23F2N3O. The van der Waals surface area contributed by atoms with E-state index in [-0.39, 0.29) is 23.6 Å². The molecule has 2 atom stereocenters. The third-order valence-corrected chi connectivity index (χ3v) is 5.62. The van der Waals surface area contributed by atoms with Crippen LogP contribution in [0.5, 0.6) is 0 Å². The highest BCUT2D eigenvalue weighted by Gasteiger charge is 2.40. The van der Waals surface area contributed by atoms with Gasteiger partial charge >= 0.3 is 6.03 Å². The number of anilines is 1. The van der Waals surface area contributed by atoms with Gasteiger partial charge in [-0.25, -0.2) is 13.6 Å². The van der Waals surface area contributed by atoms with Crippen molar-refractivity contribution in [2.75, 3.05) is 5.32 Å². The van der Waals surface area contributed by atoms with Gasteiger partial charge in [0.2, 0.25) is 0 Å². The minimum absolute atomic E-state index is 0.0822. The molecule has 2 aromatic carbocycles. The summed E-state index contributed by atoms with van der Waals surface area (Å²) in [6.07, 6.45) is 3.97. The van der Waals surface area contributed by atoms with E-state index in [1.165, 1.54) is 18.2 Å². The molecule has 0 aromatic heterocycles. The largest absolute Gasteiger partial charge is 0.335 e. The number of halogens is 2. The first kappa shape index (κ1) is 17.9. The zero-order valence-corrected chi connectivity index (χ0v) is 15.0. The summed E-state index contributed by atoms with van der Waals surface area (Å²) in [7, 11) is 0. The molecule has 2 aliphatic rings. The molecular weight excluding hydrogens is 348 g/mol. The second-order valence-electron chi connectivity index (χ2n) is 7.43. The summed E-state index contributed by atoms with van der Waals surface area (Å²) in [6, 6.07) is 13.3. The van der Waals surface area contributed by atoms with E-state index in [2.05, 4.69) is 15.5 Å². The molecule has 4 nitrogen and oxygen atoms in total. The van der Waals surface area contributed by atoms with Gasteiger partial charge in [-0.3, -0.25) is 4.90 Å². The lowest BCUT2D eigenvalue weighted by molar-refractivity contribution is 0.112. The highest BCUT2D eigenvalue weighted by molar-refractivity contribution is 5.89. The number of carbonyl (C=O) groups is 1. The second-order valence-corrected chi connectivity index (χ2v) is 7.43. The Hall–Kier alpha value is -2.47. The van der Waals surface area contributed by atoms with E-state index >= 15 is 0 Å². The van der Waals surface area contributed by atoms with Crippen LogP contribution in [-0.4, -0.2) is 29.1 Å². The molecule has 0 radical (unpaired) electrons. The fourth-order valence-corrected chi connectivity index (χ4v) is 4.36. The van der Waals surface area contributed by atoms with Gasteiger partial charge in [0.15, 0.2) is 0 Å². The fraction of sp³-hybridized carbons (Fsp3) is 0.381. The van der Waals surface area contributed by atoms with Crippen molar-refractivity contribution in [1.29, 1.82) is 0 Å². The lowest BCUT2D eigenvalue weighted by Gasteiger charge is -2.39. The topological polar surface area (TPSA) is 44.4 Å². The Labute approximate surface area is 157 Å². The highest BCUT2D eigenvalue weighted by Crippen LogP contribution is 2.36. The highest BCUT2D eigenvalue weighted by atomic mass is 19.1. The van der Waals surface area contributed by atoms with Gasteiger partial charge in [-0.1, -0.05) is 24.3 Å². The van der Waals surface area contributed by atoms with E-state index in [1.807, 2.05) is 12.1 Å².